The molecule has 1 aliphatic heterocycles. The van der Waals surface area contributed by atoms with E-state index in [4.69, 9.17) is 0 Å². The summed E-state index contributed by atoms with van der Waals surface area (Å²) in [7, 11) is 0. The van der Waals surface area contributed by atoms with Crippen molar-refractivity contribution in [2.75, 3.05) is 13.1 Å². The number of aromatic nitrogens is 3. The molecule has 1 aliphatic rings. The van der Waals surface area contributed by atoms with Gasteiger partial charge in [-0.15, -0.1) is 0 Å². The number of β-amino-alcohol motifs (C(OH)–C–C–N with tert-alkyl or cyclic N) is 1. The average molecular weight is 301 g/mol. The number of rotatable bonds is 5. The summed E-state index contributed by atoms with van der Waals surface area (Å²) in [6.45, 7) is 2.84. The summed E-state index contributed by atoms with van der Waals surface area (Å²) in [4.78, 5) is 14.1. The van der Waals surface area contributed by atoms with Gasteiger partial charge in [0.05, 0.1) is 12.3 Å². The number of likely N-dealkylation sites (tertiary alicyclic amines) is 1. The molecule has 22 heavy (non-hydrogen) atoms. The summed E-state index contributed by atoms with van der Waals surface area (Å²) in [6.07, 6.45) is 2.00. The molecule has 3 N–H and O–H groups in total. The second-order valence-corrected chi connectivity index (χ2v) is 5.48. The largest absolute Gasteiger partial charge is 0.392 e. The fraction of sp³-hybridized carbons (Fsp3) is 0.400. The maximum atomic E-state index is 11.9. The Bertz CT molecular complexity index is 629. The molecule has 116 valence electrons. The summed E-state index contributed by atoms with van der Waals surface area (Å²) < 4.78 is 0. The number of amides is 1. The van der Waals surface area contributed by atoms with Crippen LogP contribution < -0.4 is 5.32 Å². The fourth-order valence-electron chi connectivity index (χ4n) is 2.66. The van der Waals surface area contributed by atoms with Gasteiger partial charge < -0.3 is 10.4 Å². The van der Waals surface area contributed by atoms with E-state index in [2.05, 4.69) is 31.7 Å². The minimum Gasteiger partial charge on any atom is -0.392 e. The van der Waals surface area contributed by atoms with Crippen LogP contribution in [0, 0.1) is 0 Å². The lowest BCUT2D eigenvalue weighted by Gasteiger charge is -2.17. The third kappa shape index (κ3) is 3.49. The number of nitrogens with zero attached hydrogens (tertiary/aromatic N) is 3. The van der Waals surface area contributed by atoms with Crippen molar-refractivity contribution in [1.29, 1.82) is 0 Å². The number of carbonyl (C=O) groups excluding carboxylic acids is 1. The van der Waals surface area contributed by atoms with Crippen molar-refractivity contribution in [3.63, 3.8) is 0 Å². The zero-order chi connectivity index (χ0) is 15.4. The van der Waals surface area contributed by atoms with Crippen molar-refractivity contribution in [2.24, 2.45) is 0 Å². The predicted octanol–water partition coefficient (Wildman–Crippen LogP) is 0.301. The van der Waals surface area contributed by atoms with Gasteiger partial charge in [0.2, 0.25) is 0 Å². The Morgan fingerprint density at radius 1 is 1.41 bits per heavy atom. The first-order chi connectivity index (χ1) is 10.7. The molecule has 0 spiro atoms. The monoisotopic (exact) mass is 301 g/mol. The third-order valence-electron chi connectivity index (χ3n) is 3.85. The number of benzene rings is 1. The first-order valence-corrected chi connectivity index (χ1v) is 7.33. The van der Waals surface area contributed by atoms with Crippen LogP contribution in [0.15, 0.2) is 30.5 Å². The number of aliphatic hydroxyl groups is 1. The minimum absolute atomic E-state index is 0.223. The Balaban J connectivity index is 1.62. The maximum Gasteiger partial charge on any atom is 0.273 e. The Morgan fingerprint density at radius 3 is 2.91 bits per heavy atom. The van der Waals surface area contributed by atoms with Crippen LogP contribution in [0.2, 0.25) is 0 Å². The zero-order valence-electron chi connectivity index (χ0n) is 12.2. The second-order valence-electron chi connectivity index (χ2n) is 5.48. The number of nitrogens with one attached hydrogen (secondary N) is 2. The number of aromatic amines is 1. The molecule has 2 aromatic rings. The summed E-state index contributed by atoms with van der Waals surface area (Å²) in [5.41, 5.74) is 2.51. The Hall–Kier alpha value is -2.25. The standard InChI is InChI=1S/C15H19N5O2/c21-13-5-6-20(10-13)9-12-4-2-1-3-11(12)7-16-15(22)14-8-17-19-18-14/h1-4,8,13,21H,5-7,9-10H2,(H,16,22)(H,17,18,19). The molecule has 3 rings (SSSR count). The lowest BCUT2D eigenvalue weighted by molar-refractivity contribution is 0.0945. The molecule has 1 unspecified atom stereocenters. The van der Waals surface area contributed by atoms with Gasteiger partial charge in [0.15, 0.2) is 5.69 Å². The fourth-order valence-corrected chi connectivity index (χ4v) is 2.66. The molecular weight excluding hydrogens is 282 g/mol. The van der Waals surface area contributed by atoms with Gasteiger partial charge in [-0.1, -0.05) is 24.3 Å². The highest BCUT2D eigenvalue weighted by Gasteiger charge is 2.20. The molecule has 7 nitrogen and oxygen atoms in total. The lowest BCUT2D eigenvalue weighted by Crippen LogP contribution is -2.26. The maximum absolute atomic E-state index is 11.9. The van der Waals surface area contributed by atoms with Crippen LogP contribution in [-0.2, 0) is 13.1 Å². The van der Waals surface area contributed by atoms with Crippen LogP contribution in [0.25, 0.3) is 0 Å². The lowest BCUT2D eigenvalue weighted by atomic mass is 10.1. The van der Waals surface area contributed by atoms with Crippen molar-refractivity contribution in [2.45, 2.75) is 25.6 Å². The van der Waals surface area contributed by atoms with Crippen molar-refractivity contribution in [1.82, 2.24) is 25.6 Å². The molecule has 1 atom stereocenters. The molecule has 1 fully saturated rings. The highest BCUT2D eigenvalue weighted by atomic mass is 16.3. The second kappa shape index (κ2) is 6.67. The van der Waals surface area contributed by atoms with E-state index >= 15 is 0 Å². The molecule has 2 heterocycles. The summed E-state index contributed by atoms with van der Waals surface area (Å²) >= 11 is 0. The average Bonchev–Trinajstić information content (AvgIpc) is 3.18. The van der Waals surface area contributed by atoms with Crippen LogP contribution in [0.1, 0.15) is 28.0 Å². The molecular formula is C15H19N5O2. The molecule has 7 heteroatoms. The van der Waals surface area contributed by atoms with Crippen molar-refractivity contribution in [3.05, 3.63) is 47.3 Å². The smallest absolute Gasteiger partial charge is 0.273 e. The number of carbonyl (C=O) groups is 1. The van der Waals surface area contributed by atoms with Crippen LogP contribution in [0.3, 0.4) is 0 Å². The molecule has 1 aromatic heterocycles. The third-order valence-corrected chi connectivity index (χ3v) is 3.85. The summed E-state index contributed by atoms with van der Waals surface area (Å²) in [6, 6.07) is 8.01. The van der Waals surface area contributed by atoms with Gasteiger partial charge in [-0.05, 0) is 17.5 Å². The van der Waals surface area contributed by atoms with Crippen LogP contribution in [-0.4, -0.2) is 50.5 Å². The molecule has 1 saturated heterocycles. The van der Waals surface area contributed by atoms with Crippen molar-refractivity contribution < 1.29 is 9.90 Å². The predicted molar refractivity (Wildman–Crippen MR) is 79.9 cm³/mol. The highest BCUT2D eigenvalue weighted by molar-refractivity contribution is 5.91. The topological polar surface area (TPSA) is 94.1 Å². The summed E-state index contributed by atoms with van der Waals surface area (Å²) in [5.74, 6) is -0.250. The van der Waals surface area contributed by atoms with E-state index in [1.807, 2.05) is 18.2 Å². The van der Waals surface area contributed by atoms with Crippen LogP contribution in [0.5, 0.6) is 0 Å². The normalized spacial score (nSPS) is 18.5. The molecule has 1 amide bonds. The Labute approximate surface area is 128 Å². The van der Waals surface area contributed by atoms with Gasteiger partial charge in [0.1, 0.15) is 0 Å². The first kappa shape index (κ1) is 14.7. The van der Waals surface area contributed by atoms with Crippen molar-refractivity contribution >= 4 is 5.91 Å². The molecule has 0 radical (unpaired) electrons. The number of H-pyrrole nitrogens is 1. The van der Waals surface area contributed by atoms with Crippen LogP contribution >= 0.6 is 0 Å². The van der Waals surface area contributed by atoms with Crippen molar-refractivity contribution in [3.8, 4) is 0 Å². The van der Waals surface area contributed by atoms with Gasteiger partial charge in [0.25, 0.3) is 5.91 Å². The number of hydrogen-bond acceptors (Lipinski definition) is 5. The van der Waals surface area contributed by atoms with E-state index < -0.39 is 0 Å². The van der Waals surface area contributed by atoms with E-state index in [-0.39, 0.29) is 17.7 Å². The Kier molecular flexibility index (Phi) is 4.45. The molecule has 0 saturated carbocycles. The molecule has 0 bridgehead atoms. The summed E-state index contributed by atoms with van der Waals surface area (Å²) in [5, 5.41) is 22.3. The minimum atomic E-state index is -0.250. The van der Waals surface area contributed by atoms with Gasteiger partial charge >= 0.3 is 0 Å². The number of hydrogen-bond donors (Lipinski definition) is 3. The van der Waals surface area contributed by atoms with E-state index in [0.717, 1.165) is 30.6 Å². The van der Waals surface area contributed by atoms with Crippen LogP contribution in [0.4, 0.5) is 0 Å². The van der Waals surface area contributed by atoms with Gasteiger partial charge in [0, 0.05) is 26.2 Å². The first-order valence-electron chi connectivity index (χ1n) is 7.33. The van der Waals surface area contributed by atoms with E-state index in [1.54, 1.807) is 0 Å². The van der Waals surface area contributed by atoms with Gasteiger partial charge in [-0.25, -0.2) is 0 Å². The van der Waals surface area contributed by atoms with Gasteiger partial charge in [-0.2, -0.15) is 15.4 Å². The van der Waals surface area contributed by atoms with E-state index in [1.165, 1.54) is 6.20 Å². The quantitative estimate of drug-likeness (QED) is 0.738. The van der Waals surface area contributed by atoms with E-state index in [9.17, 15) is 9.90 Å². The van der Waals surface area contributed by atoms with E-state index in [0.29, 0.717) is 13.1 Å². The Morgan fingerprint density at radius 2 is 2.23 bits per heavy atom. The molecule has 0 aliphatic carbocycles. The van der Waals surface area contributed by atoms with Gasteiger partial charge in [-0.3, -0.25) is 9.69 Å². The highest BCUT2D eigenvalue weighted by Crippen LogP contribution is 2.16. The number of aliphatic hydroxyl groups excluding tert-OH is 1. The molecule has 1 aromatic carbocycles. The SMILES string of the molecule is O=C(NCc1ccccc1CN1CCC(O)C1)c1cn[nH]n1. The zero-order valence-corrected chi connectivity index (χ0v) is 12.2.